The smallest absolute Gasteiger partial charge is 0.201 e. The molecule has 1 aromatic heterocycles. The topological polar surface area (TPSA) is 60.9 Å². The maximum Gasteiger partial charge on any atom is 0.201 e. The third-order valence-electron chi connectivity index (χ3n) is 4.04. The minimum absolute atomic E-state index is 0.567. The maximum atomic E-state index is 10.6. The molecule has 0 radical (unpaired) electrons. The molecule has 102 valence electrons. The van der Waals surface area contributed by atoms with E-state index in [1.165, 1.54) is 6.42 Å². The van der Waals surface area contributed by atoms with Crippen LogP contribution in [0.4, 0.5) is 5.95 Å². The molecule has 3 N–H and O–H groups in total. The Labute approximate surface area is 113 Å². The number of anilines is 1. The van der Waals surface area contributed by atoms with Crippen molar-refractivity contribution in [1.82, 2.24) is 9.97 Å². The van der Waals surface area contributed by atoms with Gasteiger partial charge in [0.1, 0.15) is 0 Å². The van der Waals surface area contributed by atoms with Crippen molar-refractivity contribution >= 4 is 17.0 Å². The fraction of sp³-hybridized carbons (Fsp3) is 0.533. The van der Waals surface area contributed by atoms with Gasteiger partial charge in [0.2, 0.25) is 5.95 Å². The van der Waals surface area contributed by atoms with Gasteiger partial charge >= 0.3 is 0 Å². The Bertz CT molecular complexity index is 532. The Hall–Kier alpha value is -1.55. The molecule has 0 spiro atoms. The average Bonchev–Trinajstić information content (AvgIpc) is 2.79. The zero-order valence-corrected chi connectivity index (χ0v) is 11.3. The van der Waals surface area contributed by atoms with E-state index in [0.29, 0.717) is 12.5 Å². The fourth-order valence-electron chi connectivity index (χ4n) is 3.08. The molecule has 4 nitrogen and oxygen atoms in total. The first-order chi connectivity index (χ1) is 9.15. The predicted octanol–water partition coefficient (Wildman–Crippen LogP) is 2.92. The van der Waals surface area contributed by atoms with Gasteiger partial charge in [-0.3, -0.25) is 0 Å². The zero-order chi connectivity index (χ0) is 13.3. The highest BCUT2D eigenvalue weighted by Gasteiger charge is 2.32. The van der Waals surface area contributed by atoms with Crippen molar-refractivity contribution in [2.75, 3.05) is 11.9 Å². The lowest BCUT2D eigenvalue weighted by Crippen LogP contribution is -2.41. The van der Waals surface area contributed by atoms with Crippen LogP contribution in [0.5, 0.6) is 0 Å². The first-order valence-electron chi connectivity index (χ1n) is 7.06. The summed E-state index contributed by atoms with van der Waals surface area (Å²) < 4.78 is 0. The molecule has 0 saturated heterocycles. The van der Waals surface area contributed by atoms with Gasteiger partial charge < -0.3 is 15.4 Å². The summed E-state index contributed by atoms with van der Waals surface area (Å²) in [7, 11) is 0. The number of hydrogen-bond acceptors (Lipinski definition) is 3. The molecule has 3 rings (SSSR count). The van der Waals surface area contributed by atoms with Crippen LogP contribution in [0.25, 0.3) is 11.0 Å². The lowest BCUT2D eigenvalue weighted by Gasteiger charge is -2.35. The number of hydrogen-bond donors (Lipinski definition) is 3. The molecule has 0 aliphatic heterocycles. The van der Waals surface area contributed by atoms with Crippen LogP contribution in [0.2, 0.25) is 0 Å². The van der Waals surface area contributed by atoms with E-state index in [4.69, 9.17) is 0 Å². The van der Waals surface area contributed by atoms with Crippen LogP contribution in [0.3, 0.4) is 0 Å². The molecular weight excluding hydrogens is 238 g/mol. The fourth-order valence-corrected chi connectivity index (χ4v) is 3.08. The Morgan fingerprint density at radius 1 is 1.47 bits per heavy atom. The molecular formula is C15H21N3O. The van der Waals surface area contributed by atoms with Crippen LogP contribution in [0.1, 0.15) is 32.6 Å². The Morgan fingerprint density at radius 2 is 2.32 bits per heavy atom. The molecule has 1 heterocycles. The van der Waals surface area contributed by atoms with Gasteiger partial charge in [0.05, 0.1) is 16.6 Å². The van der Waals surface area contributed by atoms with Gasteiger partial charge in [-0.2, -0.15) is 0 Å². The van der Waals surface area contributed by atoms with Crippen LogP contribution in [0, 0.1) is 5.92 Å². The van der Waals surface area contributed by atoms with Crippen LogP contribution < -0.4 is 5.32 Å². The Kier molecular flexibility index (Phi) is 3.19. The minimum Gasteiger partial charge on any atom is -0.388 e. The summed E-state index contributed by atoms with van der Waals surface area (Å²) in [6.45, 7) is 2.78. The molecule has 1 fully saturated rings. The molecule has 0 bridgehead atoms. The highest BCUT2D eigenvalue weighted by Crippen LogP contribution is 2.32. The number of aliphatic hydroxyl groups is 1. The molecule has 2 atom stereocenters. The summed E-state index contributed by atoms with van der Waals surface area (Å²) >= 11 is 0. The normalized spacial score (nSPS) is 27.6. The van der Waals surface area contributed by atoms with Gasteiger partial charge in [0.15, 0.2) is 0 Å². The van der Waals surface area contributed by atoms with Crippen molar-refractivity contribution in [3.8, 4) is 0 Å². The number of rotatable bonds is 3. The van der Waals surface area contributed by atoms with Gasteiger partial charge in [-0.25, -0.2) is 4.98 Å². The second-order valence-corrected chi connectivity index (χ2v) is 5.88. The molecule has 0 amide bonds. The number of benzene rings is 1. The highest BCUT2D eigenvalue weighted by atomic mass is 16.3. The van der Waals surface area contributed by atoms with E-state index in [9.17, 15) is 5.11 Å². The second kappa shape index (κ2) is 4.85. The van der Waals surface area contributed by atoms with Crippen molar-refractivity contribution in [3.05, 3.63) is 24.3 Å². The van der Waals surface area contributed by atoms with Gasteiger partial charge in [-0.1, -0.05) is 31.9 Å². The van der Waals surface area contributed by atoms with E-state index < -0.39 is 5.60 Å². The van der Waals surface area contributed by atoms with E-state index in [0.717, 1.165) is 36.2 Å². The Morgan fingerprint density at radius 3 is 3.11 bits per heavy atom. The number of H-pyrrole nitrogens is 1. The minimum atomic E-state index is -0.587. The van der Waals surface area contributed by atoms with Gasteiger partial charge in [0, 0.05) is 6.54 Å². The Balaban J connectivity index is 1.68. The van der Waals surface area contributed by atoms with E-state index in [1.54, 1.807) is 0 Å². The van der Waals surface area contributed by atoms with Gasteiger partial charge in [-0.15, -0.1) is 0 Å². The average molecular weight is 259 g/mol. The number of nitrogens with zero attached hydrogens (tertiary/aromatic N) is 1. The SMILES string of the molecule is CC1CCCC(O)(CNc2nc3ccccc3[nH]2)C1. The van der Waals surface area contributed by atoms with E-state index >= 15 is 0 Å². The summed E-state index contributed by atoms with van der Waals surface area (Å²) in [6, 6.07) is 7.95. The van der Waals surface area contributed by atoms with Crippen molar-refractivity contribution in [2.24, 2.45) is 5.92 Å². The highest BCUT2D eigenvalue weighted by molar-refractivity contribution is 5.77. The van der Waals surface area contributed by atoms with Gasteiger partial charge in [0.25, 0.3) is 0 Å². The first-order valence-corrected chi connectivity index (χ1v) is 7.06. The monoisotopic (exact) mass is 259 g/mol. The van der Waals surface area contributed by atoms with Crippen molar-refractivity contribution in [2.45, 2.75) is 38.2 Å². The van der Waals surface area contributed by atoms with Crippen LogP contribution in [0.15, 0.2) is 24.3 Å². The molecule has 19 heavy (non-hydrogen) atoms. The number of nitrogens with one attached hydrogen (secondary N) is 2. The summed E-state index contributed by atoms with van der Waals surface area (Å²) in [5, 5.41) is 13.8. The quantitative estimate of drug-likeness (QED) is 0.794. The van der Waals surface area contributed by atoms with Crippen molar-refractivity contribution < 1.29 is 5.11 Å². The lowest BCUT2D eigenvalue weighted by molar-refractivity contribution is -0.000880. The number of aromatic nitrogens is 2. The number of para-hydroxylation sites is 2. The van der Waals surface area contributed by atoms with E-state index in [2.05, 4.69) is 22.2 Å². The molecule has 2 unspecified atom stereocenters. The summed E-state index contributed by atoms with van der Waals surface area (Å²) in [5.41, 5.74) is 1.39. The van der Waals surface area contributed by atoms with Crippen LogP contribution in [-0.4, -0.2) is 27.2 Å². The number of aromatic amines is 1. The molecule has 1 saturated carbocycles. The lowest BCUT2D eigenvalue weighted by atomic mass is 9.79. The third-order valence-corrected chi connectivity index (χ3v) is 4.04. The van der Waals surface area contributed by atoms with Gasteiger partial charge in [-0.05, 0) is 30.9 Å². The standard InChI is InChI=1S/C15H21N3O/c1-11-5-4-8-15(19,9-11)10-16-14-17-12-6-2-3-7-13(12)18-14/h2-3,6-7,11,19H,4-5,8-10H2,1H3,(H2,16,17,18). The third kappa shape index (κ3) is 2.73. The van der Waals surface area contributed by atoms with Crippen molar-refractivity contribution in [3.63, 3.8) is 0 Å². The molecule has 4 heteroatoms. The summed E-state index contributed by atoms with van der Waals surface area (Å²) in [5.74, 6) is 1.35. The van der Waals surface area contributed by atoms with E-state index in [-0.39, 0.29) is 0 Å². The van der Waals surface area contributed by atoms with Crippen LogP contribution >= 0.6 is 0 Å². The summed E-state index contributed by atoms with van der Waals surface area (Å²) in [4.78, 5) is 7.70. The first kappa shape index (κ1) is 12.5. The summed E-state index contributed by atoms with van der Waals surface area (Å²) in [6.07, 6.45) is 4.09. The molecule has 1 aromatic carbocycles. The maximum absolute atomic E-state index is 10.6. The van der Waals surface area contributed by atoms with E-state index in [1.807, 2.05) is 24.3 Å². The zero-order valence-electron chi connectivity index (χ0n) is 11.3. The largest absolute Gasteiger partial charge is 0.388 e. The second-order valence-electron chi connectivity index (χ2n) is 5.88. The van der Waals surface area contributed by atoms with Crippen molar-refractivity contribution in [1.29, 1.82) is 0 Å². The number of imidazole rings is 1. The molecule has 2 aromatic rings. The number of fused-ring (bicyclic) bond motifs is 1. The molecule has 1 aliphatic rings. The molecule has 1 aliphatic carbocycles. The predicted molar refractivity (Wildman–Crippen MR) is 77.2 cm³/mol. The van der Waals surface area contributed by atoms with Crippen LogP contribution in [-0.2, 0) is 0 Å².